The first-order valence-corrected chi connectivity index (χ1v) is 10.2. The Labute approximate surface area is 163 Å². The Morgan fingerprint density at radius 1 is 1.15 bits per heavy atom. The van der Waals surface area contributed by atoms with E-state index >= 15 is 0 Å². The van der Waals surface area contributed by atoms with Crippen LogP contribution < -0.4 is 5.32 Å². The van der Waals surface area contributed by atoms with Crippen molar-refractivity contribution in [2.24, 2.45) is 11.8 Å². The van der Waals surface area contributed by atoms with Gasteiger partial charge in [-0.15, -0.1) is 0 Å². The molecule has 1 N–H and O–H groups in total. The van der Waals surface area contributed by atoms with Crippen LogP contribution in [0.5, 0.6) is 0 Å². The Balaban J connectivity index is 1.76. The van der Waals surface area contributed by atoms with Gasteiger partial charge in [0.15, 0.2) is 0 Å². The van der Waals surface area contributed by atoms with Gasteiger partial charge in [0.05, 0.1) is 6.61 Å². The summed E-state index contributed by atoms with van der Waals surface area (Å²) in [6.45, 7) is 2.50. The molecule has 0 spiro atoms. The average molecular weight is 375 g/mol. The molecule has 1 aliphatic rings. The van der Waals surface area contributed by atoms with E-state index in [1.807, 2.05) is 0 Å². The van der Waals surface area contributed by atoms with Crippen LogP contribution in [0.2, 0.25) is 0 Å². The zero-order chi connectivity index (χ0) is 19.6. The number of aryl methyl sites for hydroxylation is 1. The molecule has 1 aromatic carbocycles. The summed E-state index contributed by atoms with van der Waals surface area (Å²) in [5.41, 5.74) is 1.40. The van der Waals surface area contributed by atoms with Crippen LogP contribution in [-0.2, 0) is 20.7 Å². The molecule has 150 valence electrons. The quantitative estimate of drug-likeness (QED) is 0.561. The standard InChI is InChI=1S/C22H34N2O3/c1-4-27-22(26)21(25)23-16-18-10-13-19(14-11-18)20(24(2)3)15-12-17-8-6-5-7-9-17/h5-9,18-20H,4,10-16H2,1-3H3,(H,23,25). The number of rotatable bonds is 8. The summed E-state index contributed by atoms with van der Waals surface area (Å²) in [4.78, 5) is 25.4. The minimum atomic E-state index is -0.778. The molecule has 1 amide bonds. The molecule has 0 saturated heterocycles. The van der Waals surface area contributed by atoms with Crippen molar-refractivity contribution < 1.29 is 14.3 Å². The number of esters is 1. The normalized spacial score (nSPS) is 20.9. The molecule has 1 unspecified atom stereocenters. The molecule has 1 aliphatic carbocycles. The van der Waals surface area contributed by atoms with Crippen molar-refractivity contribution in [1.29, 1.82) is 0 Å². The number of amides is 1. The van der Waals surface area contributed by atoms with Crippen molar-refractivity contribution in [1.82, 2.24) is 10.2 Å². The molecule has 1 fully saturated rings. The average Bonchev–Trinajstić information content (AvgIpc) is 2.68. The van der Waals surface area contributed by atoms with E-state index in [-0.39, 0.29) is 6.61 Å². The molecular weight excluding hydrogens is 340 g/mol. The lowest BCUT2D eigenvalue weighted by atomic mass is 9.76. The monoisotopic (exact) mass is 374 g/mol. The summed E-state index contributed by atoms with van der Waals surface area (Å²) >= 11 is 0. The largest absolute Gasteiger partial charge is 0.459 e. The van der Waals surface area contributed by atoms with Crippen molar-refractivity contribution in [3.63, 3.8) is 0 Å². The number of nitrogens with one attached hydrogen (secondary N) is 1. The molecule has 0 aromatic heterocycles. The summed E-state index contributed by atoms with van der Waals surface area (Å²) in [5, 5.41) is 2.73. The minimum absolute atomic E-state index is 0.228. The number of benzene rings is 1. The SMILES string of the molecule is CCOC(=O)C(=O)NCC1CCC(C(CCc2ccccc2)N(C)C)CC1. The number of carbonyl (C=O) groups excluding carboxylic acids is 2. The van der Waals surface area contributed by atoms with Gasteiger partial charge in [-0.1, -0.05) is 30.3 Å². The minimum Gasteiger partial charge on any atom is -0.459 e. The third-order valence-electron chi connectivity index (χ3n) is 5.68. The highest BCUT2D eigenvalue weighted by atomic mass is 16.5. The lowest BCUT2D eigenvalue weighted by molar-refractivity contribution is -0.154. The van der Waals surface area contributed by atoms with Gasteiger partial charge in [-0.25, -0.2) is 4.79 Å². The Bertz CT molecular complexity index is 580. The van der Waals surface area contributed by atoms with E-state index in [1.54, 1.807) is 6.92 Å². The van der Waals surface area contributed by atoms with Crippen LogP contribution in [0.25, 0.3) is 0 Å². The maximum atomic E-state index is 11.7. The summed E-state index contributed by atoms with van der Waals surface area (Å²) in [5.74, 6) is -0.245. The molecule has 5 nitrogen and oxygen atoms in total. The van der Waals surface area contributed by atoms with Gasteiger partial charge < -0.3 is 15.0 Å². The van der Waals surface area contributed by atoms with Crippen molar-refractivity contribution in [2.75, 3.05) is 27.2 Å². The van der Waals surface area contributed by atoms with Crippen LogP contribution in [0.4, 0.5) is 0 Å². The second kappa shape index (κ2) is 11.1. The van der Waals surface area contributed by atoms with Gasteiger partial charge in [0.1, 0.15) is 0 Å². The van der Waals surface area contributed by atoms with Crippen LogP contribution in [0, 0.1) is 11.8 Å². The molecule has 0 heterocycles. The zero-order valence-electron chi connectivity index (χ0n) is 16.9. The van der Waals surface area contributed by atoms with Gasteiger partial charge >= 0.3 is 11.9 Å². The third-order valence-corrected chi connectivity index (χ3v) is 5.68. The number of hydrogen-bond acceptors (Lipinski definition) is 4. The molecule has 1 saturated carbocycles. The maximum absolute atomic E-state index is 11.7. The highest BCUT2D eigenvalue weighted by Gasteiger charge is 2.29. The van der Waals surface area contributed by atoms with Gasteiger partial charge in [-0.2, -0.15) is 0 Å². The fourth-order valence-electron chi connectivity index (χ4n) is 4.16. The molecule has 27 heavy (non-hydrogen) atoms. The first-order chi connectivity index (χ1) is 13.0. The van der Waals surface area contributed by atoms with Crippen molar-refractivity contribution in [3.05, 3.63) is 35.9 Å². The van der Waals surface area contributed by atoms with Gasteiger partial charge in [-0.3, -0.25) is 4.79 Å². The molecule has 0 bridgehead atoms. The van der Waals surface area contributed by atoms with E-state index in [4.69, 9.17) is 4.74 Å². The fourth-order valence-corrected chi connectivity index (χ4v) is 4.16. The number of nitrogens with zero attached hydrogens (tertiary/aromatic N) is 1. The summed E-state index contributed by atoms with van der Waals surface area (Å²) in [7, 11) is 4.36. The second-order valence-corrected chi connectivity index (χ2v) is 7.77. The van der Waals surface area contributed by atoms with Crippen molar-refractivity contribution in [3.8, 4) is 0 Å². The molecule has 1 atom stereocenters. The van der Waals surface area contributed by atoms with Crippen LogP contribution in [-0.4, -0.2) is 50.1 Å². The Morgan fingerprint density at radius 3 is 2.41 bits per heavy atom. The number of hydrogen-bond donors (Lipinski definition) is 1. The Kier molecular flexibility index (Phi) is 8.79. The predicted octanol–water partition coefficient (Wildman–Crippen LogP) is 3.04. The van der Waals surface area contributed by atoms with E-state index in [0.29, 0.717) is 24.4 Å². The Hall–Kier alpha value is -1.88. The third kappa shape index (κ3) is 6.98. The lowest BCUT2D eigenvalue weighted by Crippen LogP contribution is -2.40. The molecule has 0 radical (unpaired) electrons. The van der Waals surface area contributed by atoms with Crippen LogP contribution >= 0.6 is 0 Å². The fraction of sp³-hybridized carbons (Fsp3) is 0.636. The van der Waals surface area contributed by atoms with Gasteiger partial charge in [0, 0.05) is 12.6 Å². The molecule has 2 rings (SSSR count). The molecular formula is C22H34N2O3. The molecule has 1 aromatic rings. The number of carbonyl (C=O) groups is 2. The van der Waals surface area contributed by atoms with Crippen LogP contribution in [0.1, 0.15) is 44.6 Å². The summed E-state index contributed by atoms with van der Waals surface area (Å²) in [6.07, 6.45) is 6.84. The maximum Gasteiger partial charge on any atom is 0.396 e. The molecule has 0 aliphatic heterocycles. The van der Waals surface area contributed by atoms with E-state index in [9.17, 15) is 9.59 Å². The van der Waals surface area contributed by atoms with Gasteiger partial charge in [-0.05, 0) is 76.9 Å². The van der Waals surface area contributed by atoms with Crippen molar-refractivity contribution >= 4 is 11.9 Å². The smallest absolute Gasteiger partial charge is 0.396 e. The second-order valence-electron chi connectivity index (χ2n) is 7.77. The number of ether oxygens (including phenoxy) is 1. The van der Waals surface area contributed by atoms with Crippen LogP contribution in [0.15, 0.2) is 30.3 Å². The zero-order valence-corrected chi connectivity index (χ0v) is 16.9. The first kappa shape index (κ1) is 21.4. The summed E-state index contributed by atoms with van der Waals surface area (Å²) in [6, 6.07) is 11.3. The van der Waals surface area contributed by atoms with Gasteiger partial charge in [0.2, 0.25) is 0 Å². The lowest BCUT2D eigenvalue weighted by Gasteiger charge is -2.37. The van der Waals surface area contributed by atoms with E-state index in [0.717, 1.165) is 19.3 Å². The van der Waals surface area contributed by atoms with E-state index in [2.05, 4.69) is 54.6 Å². The first-order valence-electron chi connectivity index (χ1n) is 10.2. The van der Waals surface area contributed by atoms with Gasteiger partial charge in [0.25, 0.3) is 0 Å². The predicted molar refractivity (Wildman–Crippen MR) is 107 cm³/mol. The van der Waals surface area contributed by atoms with E-state index in [1.165, 1.54) is 24.8 Å². The molecule has 5 heteroatoms. The van der Waals surface area contributed by atoms with Crippen LogP contribution in [0.3, 0.4) is 0 Å². The van der Waals surface area contributed by atoms with E-state index < -0.39 is 11.9 Å². The highest BCUT2D eigenvalue weighted by Crippen LogP contribution is 2.33. The van der Waals surface area contributed by atoms with Crippen molar-refractivity contribution in [2.45, 2.75) is 51.5 Å². The Morgan fingerprint density at radius 2 is 1.81 bits per heavy atom. The summed E-state index contributed by atoms with van der Waals surface area (Å²) < 4.78 is 4.73. The topological polar surface area (TPSA) is 58.6 Å². The highest BCUT2D eigenvalue weighted by molar-refractivity contribution is 6.32.